The van der Waals surface area contributed by atoms with Crippen molar-refractivity contribution in [2.75, 3.05) is 0 Å². The number of benzene rings is 1. The maximum absolute atomic E-state index is 12.3. The number of pyridine rings is 1. The highest BCUT2D eigenvalue weighted by atomic mass is 16.3. The number of hydrogen-bond donors (Lipinski definition) is 1. The Labute approximate surface area is 134 Å². The monoisotopic (exact) mass is 306 g/mol. The van der Waals surface area contributed by atoms with Gasteiger partial charge in [0.15, 0.2) is 0 Å². The van der Waals surface area contributed by atoms with E-state index >= 15 is 0 Å². The smallest absolute Gasteiger partial charge is 0.251 e. The number of rotatable bonds is 3. The summed E-state index contributed by atoms with van der Waals surface area (Å²) in [4.78, 5) is 16.7. The van der Waals surface area contributed by atoms with E-state index in [9.17, 15) is 4.79 Å². The van der Waals surface area contributed by atoms with Crippen molar-refractivity contribution < 1.29 is 9.21 Å². The van der Waals surface area contributed by atoms with E-state index in [1.54, 1.807) is 12.5 Å². The largest absolute Gasteiger partial charge is 0.464 e. The third-order valence-corrected chi connectivity index (χ3v) is 4.49. The quantitative estimate of drug-likeness (QED) is 0.790. The van der Waals surface area contributed by atoms with E-state index in [1.807, 2.05) is 36.4 Å². The van der Waals surface area contributed by atoms with E-state index in [4.69, 9.17) is 4.42 Å². The summed E-state index contributed by atoms with van der Waals surface area (Å²) < 4.78 is 5.41. The van der Waals surface area contributed by atoms with Crippen LogP contribution in [0.2, 0.25) is 0 Å². The van der Waals surface area contributed by atoms with Crippen LogP contribution in [0.5, 0.6) is 0 Å². The van der Waals surface area contributed by atoms with E-state index < -0.39 is 0 Å². The molecule has 0 aliphatic heterocycles. The van der Waals surface area contributed by atoms with Gasteiger partial charge in [0, 0.05) is 28.8 Å². The van der Waals surface area contributed by atoms with E-state index in [0.29, 0.717) is 11.6 Å². The van der Waals surface area contributed by atoms with Gasteiger partial charge in [-0.3, -0.25) is 9.78 Å². The SMILES string of the molecule is O=C(NC1CCCC1)c1ccc(-c2nccc3occc23)cc1. The maximum atomic E-state index is 12.3. The van der Waals surface area contributed by atoms with Crippen LogP contribution in [0.3, 0.4) is 0 Å². The zero-order chi connectivity index (χ0) is 15.6. The van der Waals surface area contributed by atoms with Gasteiger partial charge < -0.3 is 9.73 Å². The summed E-state index contributed by atoms with van der Waals surface area (Å²) in [5, 5.41) is 4.09. The number of furan rings is 1. The highest BCUT2D eigenvalue weighted by molar-refractivity contribution is 5.96. The molecule has 0 bridgehead atoms. The number of amides is 1. The Morgan fingerprint density at radius 1 is 1.09 bits per heavy atom. The fraction of sp³-hybridized carbons (Fsp3) is 0.263. The Bertz CT molecular complexity index is 830. The van der Waals surface area contributed by atoms with Gasteiger partial charge in [0.2, 0.25) is 0 Å². The number of fused-ring (bicyclic) bond motifs is 1. The lowest BCUT2D eigenvalue weighted by molar-refractivity contribution is 0.0938. The first-order valence-electron chi connectivity index (χ1n) is 8.05. The number of nitrogens with one attached hydrogen (secondary N) is 1. The van der Waals surface area contributed by atoms with Crippen LogP contribution < -0.4 is 5.32 Å². The van der Waals surface area contributed by atoms with Crippen molar-refractivity contribution in [3.05, 3.63) is 54.4 Å². The van der Waals surface area contributed by atoms with E-state index in [0.717, 1.165) is 35.1 Å². The molecule has 0 spiro atoms. The van der Waals surface area contributed by atoms with Crippen molar-refractivity contribution in [1.29, 1.82) is 0 Å². The summed E-state index contributed by atoms with van der Waals surface area (Å²) in [7, 11) is 0. The van der Waals surface area contributed by atoms with Crippen LogP contribution in [-0.4, -0.2) is 16.9 Å². The van der Waals surface area contributed by atoms with Gasteiger partial charge in [0.1, 0.15) is 5.58 Å². The van der Waals surface area contributed by atoms with Crippen LogP contribution >= 0.6 is 0 Å². The molecular formula is C19H18N2O2. The third-order valence-electron chi connectivity index (χ3n) is 4.49. The van der Waals surface area contributed by atoms with E-state index in [1.165, 1.54) is 12.8 Å². The molecule has 2 heterocycles. The van der Waals surface area contributed by atoms with Crippen LogP contribution in [0.25, 0.3) is 22.2 Å². The van der Waals surface area contributed by atoms with E-state index in [2.05, 4.69) is 10.3 Å². The minimum atomic E-state index is 0.0120. The first-order valence-corrected chi connectivity index (χ1v) is 8.05. The summed E-state index contributed by atoms with van der Waals surface area (Å²) in [5.41, 5.74) is 3.37. The Balaban J connectivity index is 1.58. The molecule has 1 aliphatic rings. The average molecular weight is 306 g/mol. The zero-order valence-electron chi connectivity index (χ0n) is 12.8. The molecule has 4 heteroatoms. The van der Waals surface area contributed by atoms with Crippen molar-refractivity contribution >= 4 is 16.9 Å². The number of carbonyl (C=O) groups is 1. The molecular weight excluding hydrogens is 288 g/mol. The molecule has 0 saturated heterocycles. The van der Waals surface area contributed by atoms with Crippen LogP contribution in [0.15, 0.2) is 53.3 Å². The second kappa shape index (κ2) is 5.88. The molecule has 1 aliphatic carbocycles. The lowest BCUT2D eigenvalue weighted by atomic mass is 10.1. The third kappa shape index (κ3) is 2.72. The Morgan fingerprint density at radius 3 is 2.65 bits per heavy atom. The Kier molecular flexibility index (Phi) is 3.58. The molecule has 23 heavy (non-hydrogen) atoms. The number of aromatic nitrogens is 1. The number of hydrogen-bond acceptors (Lipinski definition) is 3. The molecule has 1 fully saturated rings. The van der Waals surface area contributed by atoms with Crippen molar-refractivity contribution in [2.45, 2.75) is 31.7 Å². The average Bonchev–Trinajstić information content (AvgIpc) is 3.25. The topological polar surface area (TPSA) is 55.1 Å². The van der Waals surface area contributed by atoms with Crippen LogP contribution in [0.4, 0.5) is 0 Å². The highest BCUT2D eigenvalue weighted by Gasteiger charge is 2.18. The first-order chi connectivity index (χ1) is 11.3. The first kappa shape index (κ1) is 14.0. The lowest BCUT2D eigenvalue weighted by Crippen LogP contribution is -2.32. The van der Waals surface area contributed by atoms with Crippen LogP contribution in [0, 0.1) is 0 Å². The van der Waals surface area contributed by atoms with Gasteiger partial charge in [-0.1, -0.05) is 25.0 Å². The fourth-order valence-electron chi connectivity index (χ4n) is 3.24. The number of nitrogens with zero attached hydrogens (tertiary/aromatic N) is 1. The lowest BCUT2D eigenvalue weighted by Gasteiger charge is -2.12. The Morgan fingerprint density at radius 2 is 1.87 bits per heavy atom. The van der Waals surface area contributed by atoms with Gasteiger partial charge in [-0.15, -0.1) is 0 Å². The van der Waals surface area contributed by atoms with Gasteiger partial charge in [0.05, 0.1) is 12.0 Å². The van der Waals surface area contributed by atoms with Crippen LogP contribution in [-0.2, 0) is 0 Å². The fourth-order valence-corrected chi connectivity index (χ4v) is 3.24. The van der Waals surface area contributed by atoms with Crippen molar-refractivity contribution in [2.24, 2.45) is 0 Å². The van der Waals surface area contributed by atoms with Gasteiger partial charge in [0.25, 0.3) is 5.91 Å². The second-order valence-electron chi connectivity index (χ2n) is 6.02. The summed E-state index contributed by atoms with van der Waals surface area (Å²) in [6.45, 7) is 0. The minimum absolute atomic E-state index is 0.0120. The molecule has 1 amide bonds. The van der Waals surface area contributed by atoms with Gasteiger partial charge in [-0.2, -0.15) is 0 Å². The molecule has 4 nitrogen and oxygen atoms in total. The Hall–Kier alpha value is -2.62. The molecule has 3 aromatic rings. The molecule has 4 rings (SSSR count). The predicted molar refractivity (Wildman–Crippen MR) is 89.2 cm³/mol. The van der Waals surface area contributed by atoms with Crippen molar-refractivity contribution in [3.8, 4) is 11.3 Å². The molecule has 1 N–H and O–H groups in total. The predicted octanol–water partition coefficient (Wildman–Crippen LogP) is 4.17. The van der Waals surface area contributed by atoms with Gasteiger partial charge in [-0.25, -0.2) is 0 Å². The van der Waals surface area contributed by atoms with E-state index in [-0.39, 0.29) is 5.91 Å². The molecule has 0 radical (unpaired) electrons. The maximum Gasteiger partial charge on any atom is 0.251 e. The van der Waals surface area contributed by atoms with Crippen LogP contribution in [0.1, 0.15) is 36.0 Å². The van der Waals surface area contributed by atoms with Crippen molar-refractivity contribution in [1.82, 2.24) is 10.3 Å². The van der Waals surface area contributed by atoms with Gasteiger partial charge >= 0.3 is 0 Å². The second-order valence-corrected chi connectivity index (χ2v) is 6.02. The zero-order valence-corrected chi connectivity index (χ0v) is 12.8. The number of carbonyl (C=O) groups excluding carboxylic acids is 1. The molecule has 0 atom stereocenters. The summed E-state index contributed by atoms with van der Waals surface area (Å²) in [6, 6.07) is 11.7. The molecule has 1 saturated carbocycles. The molecule has 0 unspecified atom stereocenters. The normalized spacial score (nSPS) is 15.1. The molecule has 116 valence electrons. The van der Waals surface area contributed by atoms with Crippen molar-refractivity contribution in [3.63, 3.8) is 0 Å². The summed E-state index contributed by atoms with van der Waals surface area (Å²) in [6.07, 6.45) is 8.02. The minimum Gasteiger partial charge on any atom is -0.464 e. The van der Waals surface area contributed by atoms with Gasteiger partial charge in [-0.05, 0) is 37.1 Å². The highest BCUT2D eigenvalue weighted by Crippen LogP contribution is 2.27. The molecule has 1 aromatic carbocycles. The summed E-state index contributed by atoms with van der Waals surface area (Å²) >= 11 is 0. The summed E-state index contributed by atoms with van der Waals surface area (Å²) in [5.74, 6) is 0.0120. The molecule has 2 aromatic heterocycles. The standard InChI is InChI=1S/C19H18N2O2/c22-19(21-15-3-1-2-4-15)14-7-5-13(6-8-14)18-16-10-12-23-17(16)9-11-20-18/h5-12,15H,1-4H2,(H,21,22).